The van der Waals surface area contributed by atoms with Gasteiger partial charge in [-0.2, -0.15) is 5.26 Å². The Labute approximate surface area is 147 Å². The molecule has 0 saturated carbocycles. The molecule has 2 fully saturated rings. The van der Waals surface area contributed by atoms with Gasteiger partial charge in [0.1, 0.15) is 18.4 Å². The summed E-state index contributed by atoms with van der Waals surface area (Å²) in [6.07, 6.45) is 3.50. The predicted octanol–water partition coefficient (Wildman–Crippen LogP) is 3.67. The molecule has 4 rings (SSSR count). The van der Waals surface area contributed by atoms with Crippen molar-refractivity contribution in [2.75, 3.05) is 0 Å². The van der Waals surface area contributed by atoms with Crippen molar-refractivity contribution in [1.29, 1.82) is 5.26 Å². The average molecular weight is 335 g/mol. The Morgan fingerprint density at radius 3 is 2.52 bits per heavy atom. The Hall–Kier alpha value is -2.35. The van der Waals surface area contributed by atoms with Gasteiger partial charge in [0.15, 0.2) is 0 Å². The molecular weight excluding hydrogens is 314 g/mol. The highest BCUT2D eigenvalue weighted by atomic mass is 16.5. The van der Waals surface area contributed by atoms with Gasteiger partial charge >= 0.3 is 0 Å². The van der Waals surface area contributed by atoms with E-state index in [9.17, 15) is 10.4 Å². The maximum absolute atomic E-state index is 11.2. The van der Waals surface area contributed by atoms with Crippen molar-refractivity contribution < 1.29 is 14.6 Å². The number of hydrogen-bond donors (Lipinski definition) is 1. The molecule has 0 radical (unpaired) electrons. The standard InChI is InChI=1S/C21H21NO3/c22-13-16-6-7-17(21(23)11-18-8-9-19(12-21)25-18)10-20(16)24-14-15-4-2-1-3-5-15/h1-7,10,18-19,23H,8-9,11-12,14H2. The summed E-state index contributed by atoms with van der Waals surface area (Å²) in [6, 6.07) is 17.4. The van der Waals surface area contributed by atoms with Crippen LogP contribution in [0.1, 0.15) is 42.4 Å². The van der Waals surface area contributed by atoms with Gasteiger partial charge in [-0.25, -0.2) is 0 Å². The molecule has 2 aromatic carbocycles. The van der Waals surface area contributed by atoms with Crippen LogP contribution in [-0.4, -0.2) is 17.3 Å². The number of hydrogen-bond acceptors (Lipinski definition) is 4. The molecule has 0 aromatic heterocycles. The fourth-order valence-electron chi connectivity index (χ4n) is 3.91. The first-order valence-electron chi connectivity index (χ1n) is 8.75. The molecule has 2 bridgehead atoms. The molecule has 2 aromatic rings. The summed E-state index contributed by atoms with van der Waals surface area (Å²) in [5, 5.41) is 20.5. The maximum atomic E-state index is 11.2. The molecule has 0 aliphatic carbocycles. The lowest BCUT2D eigenvalue weighted by molar-refractivity contribution is -0.115. The number of aliphatic hydroxyl groups is 1. The Bertz CT molecular complexity index is 785. The van der Waals surface area contributed by atoms with E-state index in [1.807, 2.05) is 42.5 Å². The maximum Gasteiger partial charge on any atom is 0.137 e. The van der Waals surface area contributed by atoms with Crippen LogP contribution < -0.4 is 4.74 Å². The van der Waals surface area contributed by atoms with Crippen LogP contribution in [-0.2, 0) is 16.9 Å². The second-order valence-corrected chi connectivity index (χ2v) is 6.99. The lowest BCUT2D eigenvalue weighted by Gasteiger charge is -2.37. The number of benzene rings is 2. The van der Waals surface area contributed by atoms with Gasteiger partial charge in [-0.15, -0.1) is 0 Å². The minimum atomic E-state index is -0.900. The summed E-state index contributed by atoms with van der Waals surface area (Å²) >= 11 is 0. The lowest BCUT2D eigenvalue weighted by atomic mass is 9.83. The van der Waals surface area contributed by atoms with Gasteiger partial charge in [0.05, 0.1) is 23.4 Å². The van der Waals surface area contributed by atoms with E-state index in [2.05, 4.69) is 6.07 Å². The molecule has 128 valence electrons. The van der Waals surface area contributed by atoms with Gasteiger partial charge in [0, 0.05) is 12.8 Å². The normalized spacial score (nSPS) is 27.7. The van der Waals surface area contributed by atoms with E-state index >= 15 is 0 Å². The van der Waals surface area contributed by atoms with Crippen LogP contribution in [0.25, 0.3) is 0 Å². The number of nitrogens with zero attached hydrogens (tertiary/aromatic N) is 1. The van der Waals surface area contributed by atoms with Gasteiger partial charge in [0.25, 0.3) is 0 Å². The highest BCUT2D eigenvalue weighted by Crippen LogP contribution is 2.44. The fraction of sp³-hybridized carbons (Fsp3) is 0.381. The Balaban J connectivity index is 1.59. The fourth-order valence-corrected chi connectivity index (χ4v) is 3.91. The smallest absolute Gasteiger partial charge is 0.137 e. The molecule has 2 heterocycles. The van der Waals surface area contributed by atoms with E-state index in [1.54, 1.807) is 6.07 Å². The minimum absolute atomic E-state index is 0.132. The minimum Gasteiger partial charge on any atom is -0.488 e. The van der Waals surface area contributed by atoms with E-state index in [-0.39, 0.29) is 12.2 Å². The van der Waals surface area contributed by atoms with Crippen molar-refractivity contribution in [2.45, 2.75) is 50.1 Å². The van der Waals surface area contributed by atoms with Gasteiger partial charge < -0.3 is 14.6 Å². The summed E-state index contributed by atoms with van der Waals surface area (Å²) < 4.78 is 11.7. The molecule has 2 saturated heterocycles. The van der Waals surface area contributed by atoms with Crippen LogP contribution in [0.15, 0.2) is 48.5 Å². The molecule has 0 amide bonds. The third-order valence-corrected chi connectivity index (χ3v) is 5.20. The highest BCUT2D eigenvalue weighted by Gasteiger charge is 2.44. The number of nitriles is 1. The lowest BCUT2D eigenvalue weighted by Crippen LogP contribution is -2.38. The SMILES string of the molecule is N#Cc1ccc(C2(O)CC3CCC(C2)O3)cc1OCc1ccccc1. The van der Waals surface area contributed by atoms with E-state index in [0.717, 1.165) is 24.0 Å². The van der Waals surface area contributed by atoms with Gasteiger partial charge in [-0.3, -0.25) is 0 Å². The van der Waals surface area contributed by atoms with Crippen molar-refractivity contribution >= 4 is 0 Å². The first-order valence-corrected chi connectivity index (χ1v) is 8.75. The van der Waals surface area contributed by atoms with E-state index < -0.39 is 5.60 Å². The van der Waals surface area contributed by atoms with E-state index in [0.29, 0.717) is 30.8 Å². The molecule has 4 nitrogen and oxygen atoms in total. The van der Waals surface area contributed by atoms with Crippen molar-refractivity contribution in [3.63, 3.8) is 0 Å². The van der Waals surface area contributed by atoms with Crippen LogP contribution in [0.4, 0.5) is 0 Å². The second-order valence-electron chi connectivity index (χ2n) is 6.99. The van der Waals surface area contributed by atoms with Crippen LogP contribution in [0.3, 0.4) is 0 Å². The molecule has 0 spiro atoms. The summed E-state index contributed by atoms with van der Waals surface area (Å²) in [5.41, 5.74) is 1.44. The second kappa shape index (κ2) is 6.51. The quantitative estimate of drug-likeness (QED) is 0.926. The Morgan fingerprint density at radius 2 is 1.84 bits per heavy atom. The third-order valence-electron chi connectivity index (χ3n) is 5.20. The summed E-state index contributed by atoms with van der Waals surface area (Å²) in [7, 11) is 0. The largest absolute Gasteiger partial charge is 0.488 e. The molecule has 1 N–H and O–H groups in total. The van der Waals surface area contributed by atoms with Crippen molar-refractivity contribution in [2.24, 2.45) is 0 Å². The topological polar surface area (TPSA) is 62.5 Å². The van der Waals surface area contributed by atoms with Crippen LogP contribution in [0.5, 0.6) is 5.75 Å². The van der Waals surface area contributed by atoms with Crippen molar-refractivity contribution in [3.05, 3.63) is 65.2 Å². The summed E-state index contributed by atoms with van der Waals surface area (Å²) in [6.45, 7) is 0.395. The van der Waals surface area contributed by atoms with Crippen LogP contribution in [0, 0.1) is 11.3 Å². The highest BCUT2D eigenvalue weighted by molar-refractivity contribution is 5.47. The van der Waals surface area contributed by atoms with Crippen LogP contribution in [0.2, 0.25) is 0 Å². The molecule has 4 heteroatoms. The first-order chi connectivity index (χ1) is 12.2. The van der Waals surface area contributed by atoms with Crippen molar-refractivity contribution in [3.8, 4) is 11.8 Å². The zero-order valence-electron chi connectivity index (χ0n) is 14.0. The molecule has 25 heavy (non-hydrogen) atoms. The summed E-state index contributed by atoms with van der Waals surface area (Å²) in [4.78, 5) is 0. The predicted molar refractivity (Wildman–Crippen MR) is 93.0 cm³/mol. The Kier molecular flexibility index (Phi) is 4.20. The van der Waals surface area contributed by atoms with E-state index in [1.165, 1.54) is 0 Å². The third kappa shape index (κ3) is 3.26. The van der Waals surface area contributed by atoms with E-state index in [4.69, 9.17) is 9.47 Å². The zero-order chi connectivity index (χ0) is 17.3. The number of rotatable bonds is 4. The molecular formula is C21H21NO3. The molecule has 2 unspecified atom stereocenters. The summed E-state index contributed by atoms with van der Waals surface area (Å²) in [5.74, 6) is 0.524. The average Bonchev–Trinajstić information content (AvgIpc) is 2.99. The number of ether oxygens (including phenoxy) is 2. The molecule has 2 aliphatic rings. The number of fused-ring (bicyclic) bond motifs is 2. The first kappa shape index (κ1) is 16.1. The van der Waals surface area contributed by atoms with Crippen LogP contribution >= 0.6 is 0 Å². The Morgan fingerprint density at radius 1 is 1.12 bits per heavy atom. The molecule has 2 aliphatic heterocycles. The van der Waals surface area contributed by atoms with Gasteiger partial charge in [-0.05, 0) is 36.1 Å². The van der Waals surface area contributed by atoms with Crippen molar-refractivity contribution in [1.82, 2.24) is 0 Å². The van der Waals surface area contributed by atoms with Gasteiger partial charge in [0.2, 0.25) is 0 Å². The molecule has 2 atom stereocenters. The monoisotopic (exact) mass is 335 g/mol. The zero-order valence-corrected chi connectivity index (χ0v) is 14.0. The van der Waals surface area contributed by atoms with Gasteiger partial charge in [-0.1, -0.05) is 36.4 Å².